The molecule has 1 atom stereocenters. The van der Waals surface area contributed by atoms with Gasteiger partial charge in [0.2, 0.25) is 0 Å². The van der Waals surface area contributed by atoms with Crippen molar-refractivity contribution in [1.29, 1.82) is 0 Å². The molecule has 0 spiro atoms. The maximum absolute atomic E-state index is 13.8. The Bertz CT molecular complexity index is 539. The summed E-state index contributed by atoms with van der Waals surface area (Å²) in [5.74, 6) is -0.122. The van der Waals surface area contributed by atoms with E-state index in [1.54, 1.807) is 6.07 Å². The minimum atomic E-state index is -0.368. The normalized spacial score (nSPS) is 16.5. The summed E-state index contributed by atoms with van der Waals surface area (Å²) in [5.41, 5.74) is 0.825. The molecule has 134 valence electrons. The summed E-state index contributed by atoms with van der Waals surface area (Å²) in [7, 11) is 1.45. The molecule has 1 heterocycles. The van der Waals surface area contributed by atoms with E-state index in [0.717, 1.165) is 51.4 Å². The minimum Gasteiger partial charge on any atom is -0.494 e. The summed E-state index contributed by atoms with van der Waals surface area (Å²) >= 11 is 5.31. The maximum atomic E-state index is 13.8. The first-order chi connectivity index (χ1) is 11.6. The van der Waals surface area contributed by atoms with Crippen LogP contribution >= 0.6 is 12.2 Å². The third-order valence-electron chi connectivity index (χ3n) is 4.06. The molecule has 1 aliphatic heterocycles. The number of hydrogen-bond donors (Lipinski definition) is 2. The summed E-state index contributed by atoms with van der Waals surface area (Å²) in [5, 5.41) is 6.97. The van der Waals surface area contributed by atoms with Crippen LogP contribution in [0.4, 0.5) is 4.39 Å². The summed E-state index contributed by atoms with van der Waals surface area (Å²) < 4.78 is 24.0. The van der Waals surface area contributed by atoms with Crippen molar-refractivity contribution in [3.8, 4) is 5.75 Å². The lowest BCUT2D eigenvalue weighted by Crippen LogP contribution is -2.40. The van der Waals surface area contributed by atoms with Gasteiger partial charge in [-0.3, -0.25) is 4.90 Å². The number of nitrogens with zero attached hydrogens (tertiary/aromatic N) is 1. The molecule has 5 nitrogen and oxygen atoms in total. The van der Waals surface area contributed by atoms with Crippen molar-refractivity contribution in [2.45, 2.75) is 19.4 Å². The van der Waals surface area contributed by atoms with Gasteiger partial charge < -0.3 is 20.1 Å². The van der Waals surface area contributed by atoms with Crippen molar-refractivity contribution in [3.63, 3.8) is 0 Å². The Morgan fingerprint density at radius 3 is 2.83 bits per heavy atom. The highest BCUT2D eigenvalue weighted by molar-refractivity contribution is 7.80. The van der Waals surface area contributed by atoms with Gasteiger partial charge in [-0.25, -0.2) is 4.39 Å². The Morgan fingerprint density at radius 2 is 2.17 bits per heavy atom. The Labute approximate surface area is 148 Å². The quantitative estimate of drug-likeness (QED) is 0.577. The molecule has 24 heavy (non-hydrogen) atoms. The van der Waals surface area contributed by atoms with E-state index in [1.165, 1.54) is 13.2 Å². The molecule has 1 saturated heterocycles. The van der Waals surface area contributed by atoms with Crippen LogP contribution in [0.25, 0.3) is 0 Å². The van der Waals surface area contributed by atoms with Crippen molar-refractivity contribution in [2.24, 2.45) is 0 Å². The zero-order valence-electron chi connectivity index (χ0n) is 14.3. The minimum absolute atomic E-state index is 0.0790. The van der Waals surface area contributed by atoms with Crippen molar-refractivity contribution in [2.75, 3.05) is 46.5 Å². The van der Waals surface area contributed by atoms with Crippen LogP contribution in [0, 0.1) is 5.82 Å². The van der Waals surface area contributed by atoms with Crippen molar-refractivity contribution in [1.82, 2.24) is 15.5 Å². The number of morpholine rings is 1. The van der Waals surface area contributed by atoms with Gasteiger partial charge in [-0.05, 0) is 49.8 Å². The fraction of sp³-hybridized carbons (Fsp3) is 0.588. The zero-order chi connectivity index (χ0) is 17.4. The lowest BCUT2D eigenvalue weighted by Gasteiger charge is -2.26. The van der Waals surface area contributed by atoms with E-state index in [0.29, 0.717) is 5.11 Å². The molecular formula is C17H26FN3O2S. The van der Waals surface area contributed by atoms with Crippen LogP contribution < -0.4 is 15.4 Å². The third kappa shape index (κ3) is 5.89. The number of halogens is 1. The number of thiocarbonyl (C=S) groups is 1. The van der Waals surface area contributed by atoms with Crippen molar-refractivity contribution < 1.29 is 13.9 Å². The van der Waals surface area contributed by atoms with Gasteiger partial charge in [0.15, 0.2) is 16.7 Å². The van der Waals surface area contributed by atoms with Crippen LogP contribution in [0.15, 0.2) is 18.2 Å². The molecule has 7 heteroatoms. The molecule has 0 bridgehead atoms. The summed E-state index contributed by atoms with van der Waals surface area (Å²) in [6.07, 6.45) is 1.02. The molecule has 1 aliphatic rings. The van der Waals surface area contributed by atoms with Crippen LogP contribution in [0.2, 0.25) is 0 Å². The fourth-order valence-corrected chi connectivity index (χ4v) is 2.89. The van der Waals surface area contributed by atoms with Crippen LogP contribution in [0.3, 0.4) is 0 Å². The molecule has 2 N–H and O–H groups in total. The number of nitrogens with one attached hydrogen (secondary N) is 2. The SMILES string of the molecule is COc1ccc([C@@H](C)NC(=S)NCCCN2CCOCC2)cc1F. The lowest BCUT2D eigenvalue weighted by molar-refractivity contribution is 0.0376. The third-order valence-corrected chi connectivity index (χ3v) is 4.33. The number of benzene rings is 1. The average Bonchev–Trinajstić information content (AvgIpc) is 2.59. The fourth-order valence-electron chi connectivity index (χ4n) is 2.61. The number of hydrogen-bond acceptors (Lipinski definition) is 4. The molecule has 1 fully saturated rings. The van der Waals surface area contributed by atoms with Gasteiger partial charge in [0, 0.05) is 19.6 Å². The van der Waals surface area contributed by atoms with E-state index in [2.05, 4.69) is 15.5 Å². The molecule has 1 aromatic carbocycles. The summed E-state index contributed by atoms with van der Waals surface area (Å²) in [6.45, 7) is 7.45. The highest BCUT2D eigenvalue weighted by atomic mass is 32.1. The Hall–Kier alpha value is -1.44. The highest BCUT2D eigenvalue weighted by Crippen LogP contribution is 2.21. The molecule has 0 aromatic heterocycles. The van der Waals surface area contributed by atoms with Crippen LogP contribution in [-0.4, -0.2) is 56.5 Å². The predicted octanol–water partition coefficient (Wildman–Crippen LogP) is 2.08. The van der Waals surface area contributed by atoms with Gasteiger partial charge in [-0.15, -0.1) is 0 Å². The summed E-state index contributed by atoms with van der Waals surface area (Å²) in [4.78, 5) is 2.39. The standard InChI is InChI=1S/C17H26FN3O2S/c1-13(14-4-5-16(22-2)15(18)12-14)20-17(24)19-6-3-7-21-8-10-23-11-9-21/h4-5,12-13H,3,6-11H2,1-2H3,(H2,19,20,24)/t13-/m1/s1. The van der Waals surface area contributed by atoms with Gasteiger partial charge in [-0.2, -0.15) is 0 Å². The molecule has 0 amide bonds. The lowest BCUT2D eigenvalue weighted by atomic mass is 10.1. The zero-order valence-corrected chi connectivity index (χ0v) is 15.1. The molecule has 0 aliphatic carbocycles. The molecular weight excluding hydrogens is 329 g/mol. The second-order valence-corrected chi connectivity index (χ2v) is 6.23. The van der Waals surface area contributed by atoms with Crippen LogP contribution in [0.1, 0.15) is 24.9 Å². The van der Waals surface area contributed by atoms with Gasteiger partial charge in [-0.1, -0.05) is 6.07 Å². The Balaban J connectivity index is 1.68. The first-order valence-electron chi connectivity index (χ1n) is 8.28. The Morgan fingerprint density at radius 1 is 1.42 bits per heavy atom. The summed E-state index contributed by atoms with van der Waals surface area (Å²) in [6, 6.07) is 4.85. The number of rotatable bonds is 7. The number of ether oxygens (including phenoxy) is 2. The van der Waals surface area contributed by atoms with E-state index in [-0.39, 0.29) is 17.6 Å². The maximum Gasteiger partial charge on any atom is 0.166 e. The molecule has 0 radical (unpaired) electrons. The molecule has 0 saturated carbocycles. The highest BCUT2D eigenvalue weighted by Gasteiger charge is 2.11. The van der Waals surface area contributed by atoms with Crippen LogP contribution in [0.5, 0.6) is 5.75 Å². The second kappa shape index (κ2) is 9.76. The predicted molar refractivity (Wildman–Crippen MR) is 97.0 cm³/mol. The first-order valence-corrected chi connectivity index (χ1v) is 8.69. The van der Waals surface area contributed by atoms with Gasteiger partial charge in [0.05, 0.1) is 26.4 Å². The van der Waals surface area contributed by atoms with Crippen LogP contribution in [-0.2, 0) is 4.74 Å². The van der Waals surface area contributed by atoms with E-state index < -0.39 is 0 Å². The van der Waals surface area contributed by atoms with Crippen molar-refractivity contribution >= 4 is 17.3 Å². The Kier molecular flexibility index (Phi) is 7.68. The monoisotopic (exact) mass is 355 g/mol. The topological polar surface area (TPSA) is 45.8 Å². The van der Waals surface area contributed by atoms with Crippen molar-refractivity contribution in [3.05, 3.63) is 29.6 Å². The van der Waals surface area contributed by atoms with Gasteiger partial charge in [0.1, 0.15) is 0 Å². The molecule has 1 aromatic rings. The van der Waals surface area contributed by atoms with Gasteiger partial charge in [0.25, 0.3) is 0 Å². The van der Waals surface area contributed by atoms with E-state index >= 15 is 0 Å². The number of methoxy groups -OCH3 is 1. The van der Waals surface area contributed by atoms with E-state index in [4.69, 9.17) is 21.7 Å². The smallest absolute Gasteiger partial charge is 0.166 e. The molecule has 0 unspecified atom stereocenters. The average molecular weight is 355 g/mol. The van der Waals surface area contributed by atoms with E-state index in [9.17, 15) is 4.39 Å². The first kappa shape index (κ1) is 18.9. The van der Waals surface area contributed by atoms with Gasteiger partial charge >= 0.3 is 0 Å². The largest absolute Gasteiger partial charge is 0.494 e. The molecule has 2 rings (SSSR count). The van der Waals surface area contributed by atoms with E-state index in [1.807, 2.05) is 13.0 Å². The second-order valence-electron chi connectivity index (χ2n) is 5.82.